The highest BCUT2D eigenvalue weighted by Crippen LogP contribution is 2.21. The highest BCUT2D eigenvalue weighted by Gasteiger charge is 2.24. The third-order valence-corrected chi connectivity index (χ3v) is 3.29. The minimum Gasteiger partial charge on any atom is -0.327 e. The van der Waals surface area contributed by atoms with Crippen molar-refractivity contribution in [3.63, 3.8) is 0 Å². The fourth-order valence-electron chi connectivity index (χ4n) is 2.40. The second-order valence-corrected chi connectivity index (χ2v) is 4.51. The summed E-state index contributed by atoms with van der Waals surface area (Å²) < 4.78 is 2.03. The van der Waals surface area contributed by atoms with Crippen molar-refractivity contribution in [3.8, 4) is 0 Å². The topological polar surface area (TPSA) is 68.8 Å². The summed E-state index contributed by atoms with van der Waals surface area (Å²) in [5.41, 5.74) is 5.92. The Morgan fingerprint density at radius 2 is 2.33 bits per heavy atom. The molecule has 5 heteroatoms. The van der Waals surface area contributed by atoms with Gasteiger partial charge < -0.3 is 11.1 Å². The molecule has 1 saturated heterocycles. The van der Waals surface area contributed by atoms with Gasteiger partial charge in [-0.1, -0.05) is 0 Å². The number of aryl methyl sites for hydroxylation is 1. The van der Waals surface area contributed by atoms with Crippen LogP contribution < -0.4 is 11.1 Å². The average molecular weight is 207 g/mol. The van der Waals surface area contributed by atoms with E-state index in [9.17, 15) is 0 Å². The first-order valence-corrected chi connectivity index (χ1v) is 5.75. The van der Waals surface area contributed by atoms with Gasteiger partial charge in [0.1, 0.15) is 5.82 Å². The van der Waals surface area contributed by atoms with Gasteiger partial charge in [-0.15, -0.1) is 0 Å². The van der Waals surface area contributed by atoms with Crippen LogP contribution >= 0.6 is 0 Å². The molecule has 15 heavy (non-hydrogen) atoms. The van der Waals surface area contributed by atoms with E-state index >= 15 is 0 Å². The summed E-state index contributed by atoms with van der Waals surface area (Å²) in [4.78, 5) is 4.59. The molecule has 3 rings (SSSR count). The van der Waals surface area contributed by atoms with Crippen molar-refractivity contribution in [3.05, 3.63) is 11.6 Å². The zero-order valence-corrected chi connectivity index (χ0v) is 8.82. The predicted molar refractivity (Wildman–Crippen MR) is 56.3 cm³/mol. The van der Waals surface area contributed by atoms with Crippen LogP contribution in [0.5, 0.6) is 0 Å². The van der Waals surface area contributed by atoms with Gasteiger partial charge in [0.25, 0.3) is 0 Å². The summed E-state index contributed by atoms with van der Waals surface area (Å²) in [5.74, 6) is 2.04. The fraction of sp³-hybridized carbons (Fsp3) is 0.800. The summed E-state index contributed by atoms with van der Waals surface area (Å²) in [6.07, 6.45) is 4.29. The third kappa shape index (κ3) is 1.66. The molecular formula is C10H17N5. The minimum absolute atomic E-state index is 0.270. The van der Waals surface area contributed by atoms with Crippen molar-refractivity contribution >= 4 is 0 Å². The van der Waals surface area contributed by atoms with E-state index in [-0.39, 0.29) is 6.04 Å². The van der Waals surface area contributed by atoms with Crippen LogP contribution in [-0.2, 0) is 13.0 Å². The number of rotatable bonds is 1. The van der Waals surface area contributed by atoms with Crippen molar-refractivity contribution in [2.75, 3.05) is 6.54 Å². The number of hydrogen-bond acceptors (Lipinski definition) is 4. The molecule has 2 aliphatic rings. The van der Waals surface area contributed by atoms with Gasteiger partial charge in [-0.3, -0.25) is 0 Å². The standard InChI is InChI=1S/C10H17N5/c11-7-3-5-15-9(6-7)13-10(14-15)8-2-1-4-12-8/h7-8,12H,1-6,11H2. The van der Waals surface area contributed by atoms with E-state index in [1.54, 1.807) is 0 Å². The summed E-state index contributed by atoms with van der Waals surface area (Å²) in [5, 5.41) is 7.98. The first kappa shape index (κ1) is 9.30. The Kier molecular flexibility index (Phi) is 2.21. The number of fused-ring (bicyclic) bond motifs is 1. The van der Waals surface area contributed by atoms with Gasteiger partial charge in [0.05, 0.1) is 6.04 Å². The maximum Gasteiger partial charge on any atom is 0.167 e. The highest BCUT2D eigenvalue weighted by molar-refractivity contribution is 5.03. The van der Waals surface area contributed by atoms with Crippen molar-refractivity contribution in [2.45, 2.75) is 44.3 Å². The molecule has 0 saturated carbocycles. The van der Waals surface area contributed by atoms with Gasteiger partial charge in [-0.2, -0.15) is 5.10 Å². The van der Waals surface area contributed by atoms with E-state index in [0.29, 0.717) is 6.04 Å². The minimum atomic E-state index is 0.270. The largest absolute Gasteiger partial charge is 0.327 e. The highest BCUT2D eigenvalue weighted by atomic mass is 15.4. The number of nitrogens with zero attached hydrogens (tertiary/aromatic N) is 3. The lowest BCUT2D eigenvalue weighted by Crippen LogP contribution is -2.31. The smallest absolute Gasteiger partial charge is 0.167 e. The van der Waals surface area contributed by atoms with Crippen LogP contribution in [0.15, 0.2) is 0 Å². The Balaban J connectivity index is 1.85. The van der Waals surface area contributed by atoms with Crippen LogP contribution in [0.3, 0.4) is 0 Å². The molecule has 0 aromatic carbocycles. The molecule has 1 fully saturated rings. The van der Waals surface area contributed by atoms with Crippen molar-refractivity contribution < 1.29 is 0 Å². The molecule has 2 aliphatic heterocycles. The Morgan fingerprint density at radius 3 is 3.13 bits per heavy atom. The van der Waals surface area contributed by atoms with Gasteiger partial charge in [0.2, 0.25) is 0 Å². The Bertz CT molecular complexity index is 353. The van der Waals surface area contributed by atoms with Crippen molar-refractivity contribution in [1.29, 1.82) is 0 Å². The first-order chi connectivity index (χ1) is 7.33. The number of hydrogen-bond donors (Lipinski definition) is 2. The molecule has 0 bridgehead atoms. The summed E-state index contributed by atoms with van der Waals surface area (Å²) in [6, 6.07) is 0.644. The molecule has 2 atom stereocenters. The van der Waals surface area contributed by atoms with Gasteiger partial charge >= 0.3 is 0 Å². The molecule has 82 valence electrons. The molecule has 0 amide bonds. The van der Waals surface area contributed by atoms with Crippen LogP contribution in [0.4, 0.5) is 0 Å². The second kappa shape index (κ2) is 3.57. The van der Waals surface area contributed by atoms with Gasteiger partial charge in [-0.25, -0.2) is 9.67 Å². The quantitative estimate of drug-likeness (QED) is 0.679. The van der Waals surface area contributed by atoms with Crippen LogP contribution in [0.25, 0.3) is 0 Å². The molecule has 2 unspecified atom stereocenters. The molecule has 3 N–H and O–H groups in total. The zero-order valence-electron chi connectivity index (χ0n) is 8.82. The molecule has 1 aromatic rings. The molecule has 5 nitrogen and oxygen atoms in total. The van der Waals surface area contributed by atoms with E-state index in [2.05, 4.69) is 15.4 Å². The maximum atomic E-state index is 5.92. The Hall–Kier alpha value is -0.940. The lowest BCUT2D eigenvalue weighted by molar-refractivity contribution is 0.430. The Morgan fingerprint density at radius 1 is 1.40 bits per heavy atom. The summed E-state index contributed by atoms with van der Waals surface area (Å²) >= 11 is 0. The van der Waals surface area contributed by atoms with E-state index < -0.39 is 0 Å². The zero-order chi connectivity index (χ0) is 10.3. The van der Waals surface area contributed by atoms with Crippen molar-refractivity contribution in [2.24, 2.45) is 5.73 Å². The number of nitrogens with one attached hydrogen (secondary N) is 1. The average Bonchev–Trinajstić information content (AvgIpc) is 2.84. The van der Waals surface area contributed by atoms with E-state index in [1.165, 1.54) is 6.42 Å². The van der Waals surface area contributed by atoms with E-state index in [0.717, 1.165) is 44.0 Å². The number of nitrogens with two attached hydrogens (primary N) is 1. The molecule has 0 spiro atoms. The van der Waals surface area contributed by atoms with Crippen LogP contribution in [0.2, 0.25) is 0 Å². The second-order valence-electron chi connectivity index (χ2n) is 4.51. The van der Waals surface area contributed by atoms with Crippen molar-refractivity contribution in [1.82, 2.24) is 20.1 Å². The molecule has 0 aliphatic carbocycles. The van der Waals surface area contributed by atoms with E-state index in [4.69, 9.17) is 5.73 Å². The Labute approximate surface area is 89.1 Å². The summed E-state index contributed by atoms with van der Waals surface area (Å²) in [6.45, 7) is 2.02. The molecular weight excluding hydrogens is 190 g/mol. The molecule has 3 heterocycles. The normalized spacial score (nSPS) is 30.5. The maximum absolute atomic E-state index is 5.92. The van der Waals surface area contributed by atoms with E-state index in [1.807, 2.05) is 4.68 Å². The van der Waals surface area contributed by atoms with Crippen LogP contribution in [-0.4, -0.2) is 27.4 Å². The lowest BCUT2D eigenvalue weighted by Gasteiger charge is -2.17. The molecule has 0 radical (unpaired) electrons. The fourth-order valence-corrected chi connectivity index (χ4v) is 2.40. The summed E-state index contributed by atoms with van der Waals surface area (Å²) in [7, 11) is 0. The van der Waals surface area contributed by atoms with Crippen LogP contribution in [0, 0.1) is 0 Å². The van der Waals surface area contributed by atoms with Crippen LogP contribution in [0.1, 0.15) is 37.0 Å². The molecule has 1 aromatic heterocycles. The monoisotopic (exact) mass is 207 g/mol. The lowest BCUT2D eigenvalue weighted by atomic mass is 10.1. The predicted octanol–water partition coefficient (Wildman–Crippen LogP) is -0.0239. The third-order valence-electron chi connectivity index (χ3n) is 3.29. The van der Waals surface area contributed by atoms with Gasteiger partial charge in [-0.05, 0) is 25.8 Å². The number of aromatic nitrogens is 3. The first-order valence-electron chi connectivity index (χ1n) is 5.75. The van der Waals surface area contributed by atoms with Gasteiger partial charge in [0, 0.05) is 19.0 Å². The van der Waals surface area contributed by atoms with Gasteiger partial charge in [0.15, 0.2) is 5.82 Å². The SMILES string of the molecule is NC1CCn2nc(C3CCCN3)nc2C1.